The quantitative estimate of drug-likeness (QED) is 0.693. The van der Waals surface area contributed by atoms with Crippen molar-refractivity contribution in [2.45, 2.75) is 6.61 Å². The summed E-state index contributed by atoms with van der Waals surface area (Å²) in [6, 6.07) is 21.8. The summed E-state index contributed by atoms with van der Waals surface area (Å²) >= 11 is 0. The second-order valence-electron chi connectivity index (χ2n) is 5.68. The van der Waals surface area contributed by atoms with Crippen LogP contribution in [0, 0.1) is 0 Å². The Kier molecular flexibility index (Phi) is 5.39. The van der Waals surface area contributed by atoms with Gasteiger partial charge in [0, 0.05) is 11.8 Å². The van der Waals surface area contributed by atoms with Crippen LogP contribution in [0.4, 0.5) is 10.5 Å². The van der Waals surface area contributed by atoms with Crippen LogP contribution in [-0.2, 0) is 11.3 Å². The van der Waals surface area contributed by atoms with E-state index in [4.69, 9.17) is 9.47 Å². The van der Waals surface area contributed by atoms with Crippen LogP contribution in [0.2, 0.25) is 0 Å². The third kappa shape index (κ3) is 4.54. The van der Waals surface area contributed by atoms with E-state index >= 15 is 0 Å². The van der Waals surface area contributed by atoms with Crippen LogP contribution in [0.1, 0.15) is 5.56 Å². The standard InChI is InChI=1S/C21H19NO4/c1-25-20-12-17(11-19(23)13-20)16-7-9-18(10-8-16)22-21(24)26-14-15-5-3-2-4-6-15/h2-13,23H,14H2,1H3,(H,22,24). The smallest absolute Gasteiger partial charge is 0.411 e. The topological polar surface area (TPSA) is 67.8 Å². The van der Waals surface area contributed by atoms with Gasteiger partial charge in [-0.25, -0.2) is 4.79 Å². The van der Waals surface area contributed by atoms with Gasteiger partial charge in [0.2, 0.25) is 0 Å². The molecule has 0 aromatic heterocycles. The molecule has 2 N–H and O–H groups in total. The number of amides is 1. The number of ether oxygens (including phenoxy) is 2. The van der Waals surface area contributed by atoms with E-state index in [1.807, 2.05) is 48.5 Å². The van der Waals surface area contributed by atoms with Gasteiger partial charge >= 0.3 is 6.09 Å². The first kappa shape index (κ1) is 17.4. The second-order valence-corrected chi connectivity index (χ2v) is 5.68. The van der Waals surface area contributed by atoms with Crippen LogP contribution in [0.15, 0.2) is 72.8 Å². The zero-order valence-electron chi connectivity index (χ0n) is 14.3. The van der Waals surface area contributed by atoms with E-state index < -0.39 is 6.09 Å². The Morgan fingerprint density at radius 3 is 2.38 bits per heavy atom. The number of aromatic hydroxyl groups is 1. The molecule has 0 radical (unpaired) electrons. The van der Waals surface area contributed by atoms with Crippen molar-refractivity contribution in [1.82, 2.24) is 0 Å². The van der Waals surface area contributed by atoms with Crippen LogP contribution in [0.25, 0.3) is 11.1 Å². The molecule has 0 bridgehead atoms. The molecule has 3 aromatic rings. The van der Waals surface area contributed by atoms with Gasteiger partial charge in [-0.1, -0.05) is 42.5 Å². The van der Waals surface area contributed by atoms with E-state index in [1.54, 1.807) is 31.4 Å². The predicted molar refractivity (Wildman–Crippen MR) is 100 cm³/mol. The van der Waals surface area contributed by atoms with E-state index in [0.29, 0.717) is 11.4 Å². The first-order chi connectivity index (χ1) is 12.6. The minimum atomic E-state index is -0.513. The Bertz CT molecular complexity index is 876. The molecule has 0 aliphatic heterocycles. The Morgan fingerprint density at radius 1 is 0.962 bits per heavy atom. The van der Waals surface area contributed by atoms with Crippen molar-refractivity contribution in [3.05, 3.63) is 78.4 Å². The normalized spacial score (nSPS) is 10.2. The highest BCUT2D eigenvalue weighted by Crippen LogP contribution is 2.29. The van der Waals surface area contributed by atoms with Crippen molar-refractivity contribution in [2.75, 3.05) is 12.4 Å². The van der Waals surface area contributed by atoms with Gasteiger partial charge in [0.1, 0.15) is 18.1 Å². The molecule has 0 aliphatic carbocycles. The second kappa shape index (κ2) is 8.07. The monoisotopic (exact) mass is 349 g/mol. The third-order valence-corrected chi connectivity index (χ3v) is 3.80. The average molecular weight is 349 g/mol. The fraction of sp³-hybridized carbons (Fsp3) is 0.0952. The number of rotatable bonds is 5. The lowest BCUT2D eigenvalue weighted by Crippen LogP contribution is -2.13. The van der Waals surface area contributed by atoms with E-state index in [0.717, 1.165) is 16.7 Å². The number of anilines is 1. The molecule has 5 heteroatoms. The van der Waals surface area contributed by atoms with Crippen molar-refractivity contribution in [3.8, 4) is 22.6 Å². The summed E-state index contributed by atoms with van der Waals surface area (Å²) in [5, 5.41) is 12.4. The van der Waals surface area contributed by atoms with Gasteiger partial charge in [-0.05, 0) is 41.0 Å². The molecule has 0 saturated carbocycles. The van der Waals surface area contributed by atoms with E-state index in [-0.39, 0.29) is 12.4 Å². The number of benzene rings is 3. The number of phenols is 1. The SMILES string of the molecule is COc1cc(O)cc(-c2ccc(NC(=O)OCc3ccccc3)cc2)c1. The lowest BCUT2D eigenvalue weighted by Gasteiger charge is -2.09. The molecular formula is C21H19NO4. The van der Waals surface area contributed by atoms with E-state index in [1.165, 1.54) is 0 Å². The Morgan fingerprint density at radius 2 is 1.69 bits per heavy atom. The molecule has 0 fully saturated rings. The van der Waals surface area contributed by atoms with Gasteiger partial charge in [-0.15, -0.1) is 0 Å². The summed E-state index contributed by atoms with van der Waals surface area (Å²) < 4.78 is 10.4. The van der Waals surface area contributed by atoms with Crippen LogP contribution >= 0.6 is 0 Å². The number of hydrogen-bond acceptors (Lipinski definition) is 4. The van der Waals surface area contributed by atoms with Crippen molar-refractivity contribution >= 4 is 11.8 Å². The number of nitrogens with one attached hydrogen (secondary N) is 1. The lowest BCUT2D eigenvalue weighted by molar-refractivity contribution is 0.155. The highest BCUT2D eigenvalue weighted by atomic mass is 16.5. The Hall–Kier alpha value is -3.47. The fourth-order valence-corrected chi connectivity index (χ4v) is 2.49. The van der Waals surface area contributed by atoms with E-state index in [9.17, 15) is 9.90 Å². The molecule has 0 unspecified atom stereocenters. The van der Waals surface area contributed by atoms with Crippen LogP contribution < -0.4 is 10.1 Å². The first-order valence-electron chi connectivity index (χ1n) is 8.10. The van der Waals surface area contributed by atoms with Gasteiger partial charge in [0.15, 0.2) is 0 Å². The summed E-state index contributed by atoms with van der Waals surface area (Å²) in [6.07, 6.45) is -0.513. The molecule has 0 spiro atoms. The van der Waals surface area contributed by atoms with Crippen molar-refractivity contribution < 1.29 is 19.4 Å². The maximum Gasteiger partial charge on any atom is 0.411 e. The van der Waals surface area contributed by atoms with Gasteiger partial charge < -0.3 is 14.6 Å². The Labute approximate surface area is 151 Å². The minimum absolute atomic E-state index is 0.131. The predicted octanol–water partition coefficient (Wildman–Crippen LogP) is 4.82. The highest BCUT2D eigenvalue weighted by Gasteiger charge is 2.06. The van der Waals surface area contributed by atoms with Crippen molar-refractivity contribution in [3.63, 3.8) is 0 Å². The lowest BCUT2D eigenvalue weighted by atomic mass is 10.0. The summed E-state index contributed by atoms with van der Waals surface area (Å²) in [7, 11) is 1.55. The molecule has 0 atom stereocenters. The molecule has 26 heavy (non-hydrogen) atoms. The Balaban J connectivity index is 1.62. The molecule has 3 aromatic carbocycles. The zero-order valence-corrected chi connectivity index (χ0v) is 14.3. The fourth-order valence-electron chi connectivity index (χ4n) is 2.49. The number of hydrogen-bond donors (Lipinski definition) is 2. The van der Waals surface area contributed by atoms with Crippen LogP contribution in [0.5, 0.6) is 11.5 Å². The highest BCUT2D eigenvalue weighted by molar-refractivity contribution is 5.85. The summed E-state index contributed by atoms with van der Waals surface area (Å²) in [5.41, 5.74) is 3.26. The van der Waals surface area contributed by atoms with Gasteiger partial charge in [-0.2, -0.15) is 0 Å². The van der Waals surface area contributed by atoms with Crippen molar-refractivity contribution in [1.29, 1.82) is 0 Å². The summed E-state index contributed by atoms with van der Waals surface area (Å²) in [6.45, 7) is 0.216. The molecular weight excluding hydrogens is 330 g/mol. The molecule has 3 rings (SSSR count). The number of methoxy groups -OCH3 is 1. The number of phenolic OH excluding ortho intramolecular Hbond substituents is 1. The molecule has 0 aliphatic rings. The number of carbonyl (C=O) groups excluding carboxylic acids is 1. The average Bonchev–Trinajstić information content (AvgIpc) is 2.67. The molecule has 0 heterocycles. The van der Waals surface area contributed by atoms with Crippen molar-refractivity contribution in [2.24, 2.45) is 0 Å². The number of carbonyl (C=O) groups is 1. The maximum atomic E-state index is 11.9. The van der Waals surface area contributed by atoms with E-state index in [2.05, 4.69) is 5.32 Å². The summed E-state index contributed by atoms with van der Waals surface area (Å²) in [4.78, 5) is 11.9. The first-order valence-corrected chi connectivity index (χ1v) is 8.10. The maximum absolute atomic E-state index is 11.9. The van der Waals surface area contributed by atoms with Crippen LogP contribution in [-0.4, -0.2) is 18.3 Å². The van der Waals surface area contributed by atoms with Gasteiger partial charge in [-0.3, -0.25) is 5.32 Å². The van der Waals surface area contributed by atoms with Gasteiger partial charge in [0.25, 0.3) is 0 Å². The molecule has 0 saturated heterocycles. The molecule has 132 valence electrons. The molecule has 1 amide bonds. The molecule has 5 nitrogen and oxygen atoms in total. The van der Waals surface area contributed by atoms with Crippen LogP contribution in [0.3, 0.4) is 0 Å². The largest absolute Gasteiger partial charge is 0.508 e. The zero-order chi connectivity index (χ0) is 18.4. The third-order valence-electron chi connectivity index (χ3n) is 3.80. The van der Waals surface area contributed by atoms with Gasteiger partial charge in [0.05, 0.1) is 7.11 Å². The summed E-state index contributed by atoms with van der Waals surface area (Å²) in [5.74, 6) is 0.706. The minimum Gasteiger partial charge on any atom is -0.508 e.